The third-order valence-corrected chi connectivity index (χ3v) is 3.58. The standard InChI is InChI=1S/C13H14ClN3O/c14-11-7-13(18)17(9-11)5-3-10-1-2-12-15-4-6-16(12)8-10/h1-2,4,6,8,11H,3,5,7,9H2. The molecule has 0 spiro atoms. The Morgan fingerprint density at radius 2 is 2.33 bits per heavy atom. The van der Waals surface area contributed by atoms with Gasteiger partial charge in [-0.1, -0.05) is 6.07 Å². The molecule has 1 saturated heterocycles. The van der Waals surface area contributed by atoms with E-state index in [9.17, 15) is 4.79 Å². The predicted molar refractivity (Wildman–Crippen MR) is 69.7 cm³/mol. The molecule has 5 heteroatoms. The largest absolute Gasteiger partial charge is 0.341 e. The van der Waals surface area contributed by atoms with Gasteiger partial charge in [-0.05, 0) is 18.1 Å². The summed E-state index contributed by atoms with van der Waals surface area (Å²) in [5.41, 5.74) is 2.14. The number of fused-ring (bicyclic) bond motifs is 1. The highest BCUT2D eigenvalue weighted by Gasteiger charge is 2.27. The second kappa shape index (κ2) is 4.61. The van der Waals surface area contributed by atoms with E-state index in [0.29, 0.717) is 13.0 Å². The van der Waals surface area contributed by atoms with E-state index in [-0.39, 0.29) is 11.3 Å². The SMILES string of the molecule is O=C1CC(Cl)CN1CCc1ccc2nccn2c1. The van der Waals surface area contributed by atoms with Crippen LogP contribution in [-0.4, -0.2) is 38.7 Å². The van der Waals surface area contributed by atoms with Crippen LogP contribution in [0.1, 0.15) is 12.0 Å². The maximum atomic E-state index is 11.6. The number of imidazole rings is 1. The van der Waals surface area contributed by atoms with E-state index in [0.717, 1.165) is 18.6 Å². The Labute approximate surface area is 110 Å². The lowest BCUT2D eigenvalue weighted by Gasteiger charge is -2.15. The average Bonchev–Trinajstić information content (AvgIpc) is 2.92. The Kier molecular flexibility index (Phi) is 2.96. The van der Waals surface area contributed by atoms with Gasteiger partial charge in [0, 0.05) is 38.1 Å². The van der Waals surface area contributed by atoms with Gasteiger partial charge >= 0.3 is 0 Å². The van der Waals surface area contributed by atoms with Gasteiger partial charge in [0.25, 0.3) is 0 Å². The second-order valence-corrected chi connectivity index (χ2v) is 5.24. The molecule has 2 aromatic rings. The first kappa shape index (κ1) is 11.5. The maximum absolute atomic E-state index is 11.6. The van der Waals surface area contributed by atoms with Crippen LogP contribution in [0.15, 0.2) is 30.7 Å². The summed E-state index contributed by atoms with van der Waals surface area (Å²) in [5, 5.41) is -0.0198. The van der Waals surface area contributed by atoms with Gasteiger partial charge < -0.3 is 9.30 Å². The zero-order valence-corrected chi connectivity index (χ0v) is 10.7. The van der Waals surface area contributed by atoms with Crippen molar-refractivity contribution in [1.29, 1.82) is 0 Å². The average molecular weight is 264 g/mol. The monoisotopic (exact) mass is 263 g/mol. The topological polar surface area (TPSA) is 37.6 Å². The number of likely N-dealkylation sites (tertiary alicyclic amines) is 1. The van der Waals surface area contributed by atoms with Gasteiger partial charge in [-0.25, -0.2) is 4.98 Å². The fourth-order valence-electron chi connectivity index (χ4n) is 2.32. The number of carbonyl (C=O) groups excluding carboxylic acids is 1. The lowest BCUT2D eigenvalue weighted by Crippen LogP contribution is -2.27. The molecule has 1 aliphatic rings. The summed E-state index contributed by atoms with van der Waals surface area (Å²) in [5.74, 6) is 0.165. The van der Waals surface area contributed by atoms with Gasteiger partial charge in [0.2, 0.25) is 5.91 Å². The first-order valence-electron chi connectivity index (χ1n) is 6.06. The van der Waals surface area contributed by atoms with Crippen molar-refractivity contribution in [3.05, 3.63) is 36.3 Å². The van der Waals surface area contributed by atoms with E-state index >= 15 is 0 Å². The molecule has 1 atom stereocenters. The van der Waals surface area contributed by atoms with Crippen LogP contribution in [0.3, 0.4) is 0 Å². The van der Waals surface area contributed by atoms with Crippen molar-refractivity contribution in [2.24, 2.45) is 0 Å². The van der Waals surface area contributed by atoms with Gasteiger partial charge in [0.15, 0.2) is 0 Å². The van der Waals surface area contributed by atoms with Crippen LogP contribution in [0.5, 0.6) is 0 Å². The van der Waals surface area contributed by atoms with Gasteiger partial charge in [0.05, 0.1) is 5.38 Å². The molecule has 0 aromatic carbocycles. The zero-order valence-electron chi connectivity index (χ0n) is 9.92. The molecule has 0 saturated carbocycles. The number of halogens is 1. The van der Waals surface area contributed by atoms with Crippen LogP contribution in [0, 0.1) is 0 Å². The number of rotatable bonds is 3. The number of carbonyl (C=O) groups is 1. The molecule has 3 heterocycles. The van der Waals surface area contributed by atoms with Crippen LogP contribution < -0.4 is 0 Å². The molecule has 0 bridgehead atoms. The number of amides is 1. The van der Waals surface area contributed by atoms with E-state index < -0.39 is 0 Å². The Balaban J connectivity index is 1.67. The quantitative estimate of drug-likeness (QED) is 0.791. The lowest BCUT2D eigenvalue weighted by atomic mass is 10.2. The highest BCUT2D eigenvalue weighted by Crippen LogP contribution is 2.16. The number of alkyl halides is 1. The van der Waals surface area contributed by atoms with E-state index in [1.165, 1.54) is 5.56 Å². The fourth-order valence-corrected chi connectivity index (χ4v) is 2.62. The summed E-state index contributed by atoms with van der Waals surface area (Å²) in [6.45, 7) is 1.41. The predicted octanol–water partition coefficient (Wildman–Crippen LogP) is 1.72. The first-order chi connectivity index (χ1) is 8.72. The highest BCUT2D eigenvalue weighted by atomic mass is 35.5. The Morgan fingerprint density at radius 3 is 3.11 bits per heavy atom. The summed E-state index contributed by atoms with van der Waals surface area (Å²) in [7, 11) is 0. The third kappa shape index (κ3) is 2.20. The fraction of sp³-hybridized carbons (Fsp3) is 0.385. The smallest absolute Gasteiger partial charge is 0.224 e. The van der Waals surface area contributed by atoms with Crippen molar-refractivity contribution in [3.63, 3.8) is 0 Å². The summed E-state index contributed by atoms with van der Waals surface area (Å²) >= 11 is 5.97. The normalized spacial score (nSPS) is 19.9. The molecule has 1 aliphatic heterocycles. The number of pyridine rings is 1. The van der Waals surface area contributed by atoms with Crippen LogP contribution in [0.4, 0.5) is 0 Å². The summed E-state index contributed by atoms with van der Waals surface area (Å²) in [6.07, 6.45) is 7.09. The van der Waals surface area contributed by atoms with E-state index in [1.54, 1.807) is 6.20 Å². The van der Waals surface area contributed by atoms with Crippen molar-refractivity contribution in [2.75, 3.05) is 13.1 Å². The highest BCUT2D eigenvalue weighted by molar-refractivity contribution is 6.22. The Bertz CT molecular complexity index is 580. The molecule has 1 unspecified atom stereocenters. The minimum Gasteiger partial charge on any atom is -0.341 e. The first-order valence-corrected chi connectivity index (χ1v) is 6.49. The van der Waals surface area contributed by atoms with Gasteiger partial charge in [0.1, 0.15) is 5.65 Å². The third-order valence-electron chi connectivity index (χ3n) is 3.29. The Morgan fingerprint density at radius 1 is 1.44 bits per heavy atom. The molecular weight excluding hydrogens is 250 g/mol. The molecule has 0 N–H and O–H groups in total. The second-order valence-electron chi connectivity index (χ2n) is 4.62. The maximum Gasteiger partial charge on any atom is 0.224 e. The van der Waals surface area contributed by atoms with E-state index in [4.69, 9.17) is 11.6 Å². The minimum atomic E-state index is -0.0198. The lowest BCUT2D eigenvalue weighted by molar-refractivity contribution is -0.127. The van der Waals surface area contributed by atoms with E-state index in [1.807, 2.05) is 21.6 Å². The number of hydrogen-bond donors (Lipinski definition) is 0. The number of nitrogens with zero attached hydrogens (tertiary/aromatic N) is 3. The van der Waals surface area contributed by atoms with Gasteiger partial charge in [-0.15, -0.1) is 11.6 Å². The minimum absolute atomic E-state index is 0.0198. The van der Waals surface area contributed by atoms with Crippen LogP contribution >= 0.6 is 11.6 Å². The molecule has 3 rings (SSSR count). The Hall–Kier alpha value is -1.55. The summed E-state index contributed by atoms with van der Waals surface area (Å²) in [4.78, 5) is 17.6. The zero-order chi connectivity index (χ0) is 12.5. The molecule has 4 nitrogen and oxygen atoms in total. The molecule has 0 radical (unpaired) electrons. The number of hydrogen-bond acceptors (Lipinski definition) is 2. The molecule has 0 aliphatic carbocycles. The molecule has 1 fully saturated rings. The van der Waals surface area contributed by atoms with Gasteiger partial charge in [-0.3, -0.25) is 4.79 Å². The van der Waals surface area contributed by atoms with E-state index in [2.05, 4.69) is 17.2 Å². The van der Waals surface area contributed by atoms with Crippen LogP contribution in [-0.2, 0) is 11.2 Å². The molecular formula is C13H14ClN3O. The molecule has 2 aromatic heterocycles. The number of aromatic nitrogens is 2. The van der Waals surface area contributed by atoms with Crippen LogP contribution in [0.2, 0.25) is 0 Å². The van der Waals surface area contributed by atoms with Crippen molar-refractivity contribution < 1.29 is 4.79 Å². The van der Waals surface area contributed by atoms with Crippen LogP contribution in [0.25, 0.3) is 5.65 Å². The van der Waals surface area contributed by atoms with Crippen molar-refractivity contribution >= 4 is 23.2 Å². The molecule has 94 valence electrons. The summed E-state index contributed by atoms with van der Waals surface area (Å²) < 4.78 is 1.99. The molecule has 18 heavy (non-hydrogen) atoms. The molecule has 1 amide bonds. The summed E-state index contributed by atoms with van der Waals surface area (Å²) in [6, 6.07) is 4.05. The van der Waals surface area contributed by atoms with Crippen molar-refractivity contribution in [3.8, 4) is 0 Å². The van der Waals surface area contributed by atoms with Crippen molar-refractivity contribution in [1.82, 2.24) is 14.3 Å². The van der Waals surface area contributed by atoms with Crippen molar-refractivity contribution in [2.45, 2.75) is 18.2 Å². The van der Waals surface area contributed by atoms with Gasteiger partial charge in [-0.2, -0.15) is 0 Å².